The fraction of sp³-hybridized carbons (Fsp3) is 1.00. The van der Waals surface area contributed by atoms with Gasteiger partial charge in [0.1, 0.15) is 6.61 Å². The topological polar surface area (TPSA) is 9.23 Å². The number of halogens is 2. The van der Waals surface area contributed by atoms with Crippen molar-refractivity contribution < 1.29 is 13.5 Å². The van der Waals surface area contributed by atoms with Gasteiger partial charge in [-0.3, -0.25) is 0 Å². The molecule has 0 aliphatic rings. The summed E-state index contributed by atoms with van der Waals surface area (Å²) in [5.74, 6) is -3.34. The Morgan fingerprint density at radius 2 is 1.64 bits per heavy atom. The molecule has 0 fully saturated rings. The first kappa shape index (κ1) is 10.8. The Hall–Kier alpha value is -0.180. The van der Waals surface area contributed by atoms with Gasteiger partial charge in [-0.15, -0.1) is 0 Å². The largest absolute Gasteiger partial charge is 0.373 e. The maximum Gasteiger partial charge on any atom is 0.273 e. The van der Waals surface area contributed by atoms with Crippen LogP contribution in [-0.4, -0.2) is 18.6 Å². The Kier molecular flexibility index (Phi) is 3.93. The van der Waals surface area contributed by atoms with Gasteiger partial charge in [0.2, 0.25) is 0 Å². The van der Waals surface area contributed by atoms with Gasteiger partial charge in [0.15, 0.2) is 0 Å². The van der Waals surface area contributed by atoms with Crippen molar-refractivity contribution in [3.05, 3.63) is 0 Å². The fourth-order valence-electron chi connectivity index (χ4n) is 0.444. The highest BCUT2D eigenvalue weighted by atomic mass is 19.3. The Balaban J connectivity index is 3.73. The van der Waals surface area contributed by atoms with E-state index in [4.69, 9.17) is 4.74 Å². The maximum atomic E-state index is 12.8. The molecule has 0 unspecified atom stereocenters. The number of hydrogen-bond donors (Lipinski definition) is 0. The summed E-state index contributed by atoms with van der Waals surface area (Å²) >= 11 is 0. The van der Waals surface area contributed by atoms with E-state index in [2.05, 4.69) is 0 Å². The summed E-state index contributed by atoms with van der Waals surface area (Å²) in [6.07, 6.45) is -0.125. The van der Waals surface area contributed by atoms with Gasteiger partial charge in [-0.2, -0.15) is 0 Å². The Morgan fingerprint density at radius 3 is 1.91 bits per heavy atom. The maximum absolute atomic E-state index is 12.8. The number of ether oxygens (including phenoxy) is 1. The lowest BCUT2D eigenvalue weighted by Crippen LogP contribution is -2.31. The normalized spacial score (nSPS) is 13.1. The first-order valence-electron chi connectivity index (χ1n) is 3.85. The Bertz CT molecular complexity index is 111. The average molecular weight is 166 g/mol. The van der Waals surface area contributed by atoms with Gasteiger partial charge in [-0.05, 0) is 13.8 Å². The molecule has 0 saturated carbocycles. The lowest BCUT2D eigenvalue weighted by atomic mass is 10.1. The van der Waals surface area contributed by atoms with Gasteiger partial charge in [-0.1, -0.05) is 13.8 Å². The van der Waals surface area contributed by atoms with Crippen molar-refractivity contribution in [3.63, 3.8) is 0 Å². The van der Waals surface area contributed by atoms with Crippen LogP contribution in [0.25, 0.3) is 0 Å². The highest BCUT2D eigenvalue weighted by molar-refractivity contribution is 4.69. The molecule has 0 aromatic carbocycles. The monoisotopic (exact) mass is 166 g/mol. The number of hydrogen-bond acceptors (Lipinski definition) is 1. The van der Waals surface area contributed by atoms with Crippen molar-refractivity contribution in [2.24, 2.45) is 5.92 Å². The van der Waals surface area contributed by atoms with E-state index in [1.54, 1.807) is 13.8 Å². The quantitative estimate of drug-likeness (QED) is 0.624. The van der Waals surface area contributed by atoms with Crippen molar-refractivity contribution in [3.8, 4) is 0 Å². The van der Waals surface area contributed by atoms with E-state index < -0.39 is 18.4 Å². The molecule has 0 rings (SSSR count). The SMILES string of the molecule is CC(C)OCC(F)(F)C(C)C. The van der Waals surface area contributed by atoms with Crippen LogP contribution < -0.4 is 0 Å². The van der Waals surface area contributed by atoms with E-state index in [0.29, 0.717) is 0 Å². The van der Waals surface area contributed by atoms with E-state index in [1.165, 1.54) is 13.8 Å². The van der Waals surface area contributed by atoms with E-state index in [0.717, 1.165) is 0 Å². The second-order valence-corrected chi connectivity index (χ2v) is 3.28. The summed E-state index contributed by atoms with van der Waals surface area (Å²) in [7, 11) is 0. The summed E-state index contributed by atoms with van der Waals surface area (Å²) in [6.45, 7) is 6.00. The third-order valence-electron chi connectivity index (χ3n) is 1.45. The standard InChI is InChI=1S/C8H16F2O/c1-6(2)8(9,10)5-11-7(3)4/h6-7H,5H2,1-4H3. The highest BCUT2D eigenvalue weighted by Gasteiger charge is 2.33. The Labute approximate surface area is 66.7 Å². The molecule has 0 aliphatic carbocycles. The molecule has 0 aliphatic heterocycles. The molecule has 0 aromatic heterocycles. The minimum Gasteiger partial charge on any atom is -0.373 e. The van der Waals surface area contributed by atoms with Crippen molar-refractivity contribution in [2.45, 2.75) is 39.7 Å². The van der Waals surface area contributed by atoms with Crippen LogP contribution in [0.5, 0.6) is 0 Å². The zero-order chi connectivity index (χ0) is 9.07. The second kappa shape index (κ2) is 4.00. The van der Waals surface area contributed by atoms with Crippen LogP contribution in [0.1, 0.15) is 27.7 Å². The van der Waals surface area contributed by atoms with Crippen LogP contribution in [-0.2, 0) is 4.74 Å². The molecule has 11 heavy (non-hydrogen) atoms. The van der Waals surface area contributed by atoms with E-state index >= 15 is 0 Å². The summed E-state index contributed by atoms with van der Waals surface area (Å²) in [5.41, 5.74) is 0. The molecular formula is C8H16F2O. The predicted molar refractivity (Wildman–Crippen MR) is 40.9 cm³/mol. The molecule has 0 N–H and O–H groups in total. The Morgan fingerprint density at radius 1 is 1.18 bits per heavy atom. The minimum atomic E-state index is -2.69. The van der Waals surface area contributed by atoms with Crippen molar-refractivity contribution in [1.29, 1.82) is 0 Å². The van der Waals surface area contributed by atoms with Crippen molar-refractivity contribution in [2.75, 3.05) is 6.61 Å². The van der Waals surface area contributed by atoms with Crippen LogP contribution in [0.2, 0.25) is 0 Å². The molecule has 0 aromatic rings. The lowest BCUT2D eigenvalue weighted by molar-refractivity contribution is -0.120. The number of alkyl halides is 2. The van der Waals surface area contributed by atoms with Crippen molar-refractivity contribution >= 4 is 0 Å². The van der Waals surface area contributed by atoms with Crippen LogP contribution in [0.3, 0.4) is 0 Å². The first-order valence-corrected chi connectivity index (χ1v) is 3.85. The zero-order valence-electron chi connectivity index (χ0n) is 7.53. The molecule has 68 valence electrons. The van der Waals surface area contributed by atoms with Gasteiger partial charge in [0.25, 0.3) is 5.92 Å². The summed E-state index contributed by atoms with van der Waals surface area (Å²) in [5, 5.41) is 0. The molecule has 0 atom stereocenters. The van der Waals surface area contributed by atoms with Gasteiger partial charge >= 0.3 is 0 Å². The molecule has 0 bridgehead atoms. The molecule has 0 spiro atoms. The zero-order valence-corrected chi connectivity index (χ0v) is 7.53. The molecule has 0 saturated heterocycles. The lowest BCUT2D eigenvalue weighted by Gasteiger charge is -2.21. The average Bonchev–Trinajstić information content (AvgIpc) is 1.84. The van der Waals surface area contributed by atoms with E-state index in [1.807, 2.05) is 0 Å². The molecule has 0 radical (unpaired) electrons. The molecule has 3 heteroatoms. The molecule has 0 heterocycles. The number of rotatable bonds is 4. The van der Waals surface area contributed by atoms with Gasteiger partial charge in [0, 0.05) is 5.92 Å². The van der Waals surface area contributed by atoms with Crippen LogP contribution in [0.15, 0.2) is 0 Å². The first-order chi connectivity index (χ1) is 4.86. The summed E-state index contributed by atoms with van der Waals surface area (Å²) in [4.78, 5) is 0. The van der Waals surface area contributed by atoms with Gasteiger partial charge in [-0.25, -0.2) is 8.78 Å². The predicted octanol–water partition coefficient (Wildman–Crippen LogP) is 2.70. The minimum absolute atomic E-state index is 0.125. The smallest absolute Gasteiger partial charge is 0.273 e. The molecule has 1 nitrogen and oxygen atoms in total. The van der Waals surface area contributed by atoms with Crippen LogP contribution in [0.4, 0.5) is 8.78 Å². The third-order valence-corrected chi connectivity index (χ3v) is 1.45. The van der Waals surface area contributed by atoms with Crippen molar-refractivity contribution in [1.82, 2.24) is 0 Å². The van der Waals surface area contributed by atoms with Crippen LogP contribution in [0, 0.1) is 5.92 Å². The summed E-state index contributed by atoms with van der Waals surface area (Å²) in [6, 6.07) is 0. The van der Waals surface area contributed by atoms with E-state index in [9.17, 15) is 8.78 Å². The molecular weight excluding hydrogens is 150 g/mol. The second-order valence-electron chi connectivity index (χ2n) is 3.28. The highest BCUT2D eigenvalue weighted by Crippen LogP contribution is 2.24. The van der Waals surface area contributed by atoms with E-state index in [-0.39, 0.29) is 6.10 Å². The van der Waals surface area contributed by atoms with Crippen LogP contribution >= 0.6 is 0 Å². The molecule has 0 amide bonds. The van der Waals surface area contributed by atoms with Gasteiger partial charge < -0.3 is 4.74 Å². The van der Waals surface area contributed by atoms with Gasteiger partial charge in [0.05, 0.1) is 6.10 Å². The summed E-state index contributed by atoms with van der Waals surface area (Å²) < 4.78 is 30.4. The third kappa shape index (κ3) is 4.30. The fourth-order valence-corrected chi connectivity index (χ4v) is 0.444.